The van der Waals surface area contributed by atoms with Crippen molar-refractivity contribution in [3.05, 3.63) is 47.8 Å². The van der Waals surface area contributed by atoms with Crippen molar-refractivity contribution in [3.63, 3.8) is 0 Å². The number of hydrogen-bond acceptors (Lipinski definition) is 4. The van der Waals surface area contributed by atoms with Gasteiger partial charge in [-0.05, 0) is 80.2 Å². The van der Waals surface area contributed by atoms with E-state index >= 15 is 0 Å². The Hall–Kier alpha value is -2.96. The minimum absolute atomic E-state index is 0.110. The lowest BCUT2D eigenvalue weighted by atomic mass is 9.87. The van der Waals surface area contributed by atoms with Crippen molar-refractivity contribution in [3.8, 4) is 17.2 Å². The molecule has 1 aliphatic heterocycles. The Balaban J connectivity index is 1.27. The average Bonchev–Trinajstić information content (AvgIpc) is 3.49. The molecule has 6 nitrogen and oxygen atoms in total. The molecule has 2 aromatic carbocycles. The fourth-order valence-corrected chi connectivity index (χ4v) is 6.24. The van der Waals surface area contributed by atoms with Crippen molar-refractivity contribution in [2.45, 2.75) is 45.1 Å². The van der Waals surface area contributed by atoms with Crippen molar-refractivity contribution in [2.24, 2.45) is 17.8 Å². The van der Waals surface area contributed by atoms with Crippen LogP contribution in [-0.4, -0.2) is 44.8 Å². The quantitative estimate of drug-likeness (QED) is 0.448. The molecule has 35 heavy (non-hydrogen) atoms. The van der Waals surface area contributed by atoms with E-state index in [1.54, 1.807) is 30.1 Å². The number of ether oxygens (including phenoxy) is 3. The average molecular weight is 483 g/mol. The maximum atomic E-state index is 13.8. The molecule has 2 amide bonds. The Labute approximate surface area is 206 Å². The molecule has 3 atom stereocenters. The monoisotopic (exact) mass is 482 g/mol. The largest absolute Gasteiger partial charge is 0.496 e. The summed E-state index contributed by atoms with van der Waals surface area (Å²) in [5, 5.41) is 0. The highest BCUT2D eigenvalue weighted by atomic mass is 19.1. The number of amides is 2. The van der Waals surface area contributed by atoms with E-state index in [0.717, 1.165) is 36.3 Å². The maximum absolute atomic E-state index is 13.8. The van der Waals surface area contributed by atoms with Crippen LogP contribution in [0, 0.1) is 23.6 Å². The van der Waals surface area contributed by atoms with Gasteiger partial charge in [-0.1, -0.05) is 6.42 Å². The maximum Gasteiger partial charge on any atom is 0.324 e. The molecule has 3 aliphatic rings. The lowest BCUT2D eigenvalue weighted by Gasteiger charge is -2.36. The third-order valence-electron chi connectivity index (χ3n) is 8.00. The first kappa shape index (κ1) is 23.8. The highest BCUT2D eigenvalue weighted by Crippen LogP contribution is 2.49. The van der Waals surface area contributed by atoms with Gasteiger partial charge in [0.1, 0.15) is 11.6 Å². The van der Waals surface area contributed by atoms with Crippen LogP contribution in [0.25, 0.3) is 0 Å². The van der Waals surface area contributed by atoms with Gasteiger partial charge in [0.25, 0.3) is 0 Å². The van der Waals surface area contributed by atoms with Crippen LogP contribution >= 0.6 is 0 Å². The number of fused-ring (bicyclic) bond motifs is 2. The molecule has 1 saturated heterocycles. The van der Waals surface area contributed by atoms with Gasteiger partial charge in [0.2, 0.25) is 0 Å². The topological polar surface area (TPSA) is 51.2 Å². The molecule has 188 valence electrons. The van der Waals surface area contributed by atoms with Crippen molar-refractivity contribution in [2.75, 3.05) is 38.8 Å². The first-order valence-electron chi connectivity index (χ1n) is 12.8. The molecule has 3 fully saturated rings. The first-order chi connectivity index (χ1) is 17.1. The van der Waals surface area contributed by atoms with Crippen LogP contribution in [-0.2, 0) is 6.54 Å². The van der Waals surface area contributed by atoms with Crippen molar-refractivity contribution in [1.82, 2.24) is 4.90 Å². The summed E-state index contributed by atoms with van der Waals surface area (Å²) in [6, 6.07) is 9.95. The highest BCUT2D eigenvalue weighted by Gasteiger charge is 2.39. The second-order valence-electron chi connectivity index (χ2n) is 10.1. The molecular formula is C28H35FN2O4. The Morgan fingerprint density at radius 2 is 1.80 bits per heavy atom. The van der Waals surface area contributed by atoms with E-state index in [9.17, 15) is 9.18 Å². The third kappa shape index (κ3) is 5.04. The first-order valence-corrected chi connectivity index (χ1v) is 12.8. The number of halogens is 1. The van der Waals surface area contributed by atoms with Gasteiger partial charge in [-0.3, -0.25) is 4.90 Å². The van der Waals surface area contributed by atoms with E-state index in [1.165, 1.54) is 37.8 Å². The van der Waals surface area contributed by atoms with Crippen molar-refractivity contribution >= 4 is 11.7 Å². The number of benzene rings is 2. The Morgan fingerprint density at radius 1 is 0.971 bits per heavy atom. The van der Waals surface area contributed by atoms with Gasteiger partial charge in [0.15, 0.2) is 11.5 Å². The van der Waals surface area contributed by atoms with Crippen LogP contribution < -0.4 is 19.1 Å². The molecule has 0 N–H and O–H groups in total. The molecule has 5 rings (SSSR count). The number of methoxy groups -OCH3 is 2. The number of carbonyl (C=O) groups excluding carboxylic acids is 1. The van der Waals surface area contributed by atoms with E-state index in [1.807, 2.05) is 18.2 Å². The number of nitrogens with zero attached hydrogens (tertiary/aromatic N) is 2. The fourth-order valence-electron chi connectivity index (χ4n) is 6.24. The van der Waals surface area contributed by atoms with Crippen LogP contribution in [0.3, 0.4) is 0 Å². The predicted octanol–water partition coefficient (Wildman–Crippen LogP) is 5.88. The van der Waals surface area contributed by atoms with E-state index < -0.39 is 0 Å². The lowest BCUT2D eigenvalue weighted by molar-refractivity contribution is 0.191. The van der Waals surface area contributed by atoms with E-state index in [-0.39, 0.29) is 11.8 Å². The van der Waals surface area contributed by atoms with E-state index in [4.69, 9.17) is 14.2 Å². The predicted molar refractivity (Wildman–Crippen MR) is 133 cm³/mol. The standard InChI is InChI=1S/C28H35FN2O4/c1-33-25-8-6-23(29)16-22(25)18-30-11-3-12-31(28(30)32)24-7-9-26(34-2)27(17-24)35-13-10-21-15-19-4-5-20(21)14-19/h6-9,16-17,19-21H,3-5,10-15,18H2,1-2H3/t19-,20+,21-/m1/s1. The summed E-state index contributed by atoms with van der Waals surface area (Å²) >= 11 is 0. The number of anilines is 1. The zero-order valence-corrected chi connectivity index (χ0v) is 20.7. The van der Waals surface area contributed by atoms with Gasteiger partial charge in [-0.15, -0.1) is 0 Å². The molecule has 2 aromatic rings. The second kappa shape index (κ2) is 10.3. The summed E-state index contributed by atoms with van der Waals surface area (Å²) in [6.45, 7) is 2.18. The molecule has 1 heterocycles. The number of rotatable bonds is 9. The lowest BCUT2D eigenvalue weighted by Crippen LogP contribution is -2.49. The van der Waals surface area contributed by atoms with Crippen LogP contribution in [0.2, 0.25) is 0 Å². The smallest absolute Gasteiger partial charge is 0.324 e. The number of urea groups is 1. The molecular weight excluding hydrogens is 447 g/mol. The van der Waals surface area contributed by atoms with Crippen LogP contribution in [0.4, 0.5) is 14.9 Å². The van der Waals surface area contributed by atoms with Crippen molar-refractivity contribution < 1.29 is 23.4 Å². The van der Waals surface area contributed by atoms with Gasteiger partial charge in [0, 0.05) is 30.4 Å². The Morgan fingerprint density at radius 3 is 2.54 bits per heavy atom. The molecule has 2 bridgehead atoms. The van der Waals surface area contributed by atoms with E-state index in [0.29, 0.717) is 49.1 Å². The van der Waals surface area contributed by atoms with Gasteiger partial charge in [-0.25, -0.2) is 9.18 Å². The fraction of sp³-hybridized carbons (Fsp3) is 0.536. The van der Waals surface area contributed by atoms with Crippen LogP contribution in [0.1, 0.15) is 44.1 Å². The zero-order chi connectivity index (χ0) is 24.4. The molecule has 7 heteroatoms. The Kier molecular flexibility index (Phi) is 7.02. The van der Waals surface area contributed by atoms with Crippen molar-refractivity contribution in [1.29, 1.82) is 0 Å². The normalized spacial score (nSPS) is 23.6. The van der Waals surface area contributed by atoms with Gasteiger partial charge < -0.3 is 19.1 Å². The Bertz CT molecular complexity index is 1060. The number of hydrogen-bond donors (Lipinski definition) is 0. The summed E-state index contributed by atoms with van der Waals surface area (Å²) in [5.41, 5.74) is 1.43. The molecule has 2 aliphatic carbocycles. The van der Waals surface area contributed by atoms with Gasteiger partial charge in [-0.2, -0.15) is 0 Å². The molecule has 0 aromatic heterocycles. The minimum atomic E-state index is -0.343. The van der Waals surface area contributed by atoms with Gasteiger partial charge >= 0.3 is 6.03 Å². The zero-order valence-electron chi connectivity index (χ0n) is 20.7. The summed E-state index contributed by atoms with van der Waals surface area (Å²) in [5.74, 6) is 4.17. The summed E-state index contributed by atoms with van der Waals surface area (Å²) in [7, 11) is 3.19. The summed E-state index contributed by atoms with van der Waals surface area (Å²) in [4.78, 5) is 16.9. The third-order valence-corrected chi connectivity index (χ3v) is 8.00. The molecule has 0 radical (unpaired) electrons. The second-order valence-corrected chi connectivity index (χ2v) is 10.1. The summed E-state index contributed by atoms with van der Waals surface area (Å²) in [6.07, 6.45) is 7.42. The highest BCUT2D eigenvalue weighted by molar-refractivity contribution is 5.93. The van der Waals surface area contributed by atoms with Crippen LogP contribution in [0.15, 0.2) is 36.4 Å². The molecule has 0 spiro atoms. The van der Waals surface area contributed by atoms with E-state index in [2.05, 4.69) is 0 Å². The molecule has 2 saturated carbocycles. The van der Waals surface area contributed by atoms with Crippen LogP contribution in [0.5, 0.6) is 17.2 Å². The SMILES string of the molecule is COc1ccc(F)cc1CN1CCCN(c2ccc(OC)c(OCC[C@@H]3C[C@@H]4CC[C@H]3C4)c2)C1=O. The summed E-state index contributed by atoms with van der Waals surface area (Å²) < 4.78 is 30.9. The molecule has 0 unspecified atom stereocenters. The number of carbonyl (C=O) groups is 1. The van der Waals surface area contributed by atoms with Gasteiger partial charge in [0.05, 0.1) is 27.4 Å². The minimum Gasteiger partial charge on any atom is -0.496 e.